The maximum absolute atomic E-state index is 13.1. The Bertz CT molecular complexity index is 1080. The summed E-state index contributed by atoms with van der Waals surface area (Å²) in [6, 6.07) is 9.75. The van der Waals surface area contributed by atoms with Crippen LogP contribution in [0.5, 0.6) is 0 Å². The molecule has 6 rings (SSSR count). The SMILES string of the molecule is O=C(c1ccc(-c2noc(C3CC3)n2)cc1)N1CCC2(CC1)OCCc1sccc12. The van der Waals surface area contributed by atoms with Crippen molar-refractivity contribution in [2.75, 3.05) is 19.7 Å². The Labute approximate surface area is 178 Å². The van der Waals surface area contributed by atoms with Crippen molar-refractivity contribution in [3.63, 3.8) is 0 Å². The minimum atomic E-state index is -0.202. The molecule has 1 spiro atoms. The van der Waals surface area contributed by atoms with Gasteiger partial charge >= 0.3 is 0 Å². The maximum Gasteiger partial charge on any atom is 0.253 e. The Hall–Kier alpha value is -2.51. The van der Waals surface area contributed by atoms with Crippen molar-refractivity contribution in [3.05, 3.63) is 57.6 Å². The summed E-state index contributed by atoms with van der Waals surface area (Å²) in [5.74, 6) is 1.83. The number of carbonyl (C=O) groups excluding carboxylic acids is 1. The molecule has 2 aromatic heterocycles. The number of benzene rings is 1. The smallest absolute Gasteiger partial charge is 0.253 e. The molecule has 4 heterocycles. The zero-order valence-electron chi connectivity index (χ0n) is 16.7. The van der Waals surface area contributed by atoms with Gasteiger partial charge in [-0.15, -0.1) is 11.3 Å². The molecule has 1 amide bonds. The van der Waals surface area contributed by atoms with E-state index in [1.165, 1.54) is 10.4 Å². The Balaban J connectivity index is 1.14. The van der Waals surface area contributed by atoms with Crippen molar-refractivity contribution >= 4 is 17.2 Å². The van der Waals surface area contributed by atoms with Crippen molar-refractivity contribution in [1.82, 2.24) is 15.0 Å². The van der Waals surface area contributed by atoms with Crippen molar-refractivity contribution < 1.29 is 14.1 Å². The fourth-order valence-electron chi connectivity index (χ4n) is 4.63. The maximum atomic E-state index is 13.1. The minimum Gasteiger partial charge on any atom is -0.370 e. The zero-order chi connectivity index (χ0) is 20.1. The van der Waals surface area contributed by atoms with Crippen LogP contribution in [0.25, 0.3) is 11.4 Å². The minimum absolute atomic E-state index is 0.0736. The molecule has 3 aromatic rings. The van der Waals surface area contributed by atoms with Gasteiger partial charge in [0.25, 0.3) is 5.91 Å². The number of amides is 1. The highest BCUT2D eigenvalue weighted by Crippen LogP contribution is 2.43. The lowest BCUT2D eigenvalue weighted by Gasteiger charge is -2.44. The molecule has 2 aliphatic heterocycles. The van der Waals surface area contributed by atoms with E-state index < -0.39 is 0 Å². The van der Waals surface area contributed by atoms with E-state index in [9.17, 15) is 4.79 Å². The van der Waals surface area contributed by atoms with Gasteiger partial charge in [-0.25, -0.2) is 0 Å². The predicted octanol–water partition coefficient (Wildman–Crippen LogP) is 4.38. The average molecular weight is 422 g/mol. The van der Waals surface area contributed by atoms with E-state index in [-0.39, 0.29) is 11.5 Å². The van der Waals surface area contributed by atoms with E-state index in [4.69, 9.17) is 9.26 Å². The predicted molar refractivity (Wildman–Crippen MR) is 112 cm³/mol. The molecule has 30 heavy (non-hydrogen) atoms. The van der Waals surface area contributed by atoms with Gasteiger partial charge in [0.1, 0.15) is 0 Å². The molecule has 0 radical (unpaired) electrons. The van der Waals surface area contributed by atoms with E-state index >= 15 is 0 Å². The number of rotatable bonds is 3. The van der Waals surface area contributed by atoms with Crippen molar-refractivity contribution in [1.29, 1.82) is 0 Å². The van der Waals surface area contributed by atoms with Crippen molar-refractivity contribution in [2.45, 2.75) is 43.6 Å². The number of carbonyl (C=O) groups is 1. The first-order chi connectivity index (χ1) is 14.7. The second-order valence-corrected chi connectivity index (χ2v) is 9.45. The number of aromatic nitrogens is 2. The molecule has 6 nitrogen and oxygen atoms in total. The number of likely N-dealkylation sites (tertiary alicyclic amines) is 1. The molecule has 1 aliphatic carbocycles. The average Bonchev–Trinajstić information content (AvgIpc) is 3.31. The molecule has 7 heteroatoms. The number of thiophene rings is 1. The first-order valence-corrected chi connectivity index (χ1v) is 11.5. The van der Waals surface area contributed by atoms with Crippen LogP contribution in [0, 0.1) is 0 Å². The van der Waals surface area contributed by atoms with E-state index in [2.05, 4.69) is 21.6 Å². The summed E-state index contributed by atoms with van der Waals surface area (Å²) in [5.41, 5.74) is 2.72. The van der Waals surface area contributed by atoms with E-state index in [1.54, 1.807) is 0 Å². The molecule has 2 fully saturated rings. The molecule has 0 unspecified atom stereocenters. The second-order valence-electron chi connectivity index (χ2n) is 8.45. The fourth-order valence-corrected chi connectivity index (χ4v) is 5.59. The molecule has 3 aliphatic rings. The monoisotopic (exact) mass is 421 g/mol. The molecule has 1 aromatic carbocycles. The van der Waals surface area contributed by atoms with E-state index in [0.717, 1.165) is 50.2 Å². The van der Waals surface area contributed by atoms with Gasteiger partial charge in [0.05, 0.1) is 12.2 Å². The standard InChI is InChI=1S/C23H23N3O3S/c27-22(17-5-1-15(2-6-17)20-24-21(29-25-20)16-3-4-16)26-11-9-23(10-12-26)18-8-14-30-19(18)7-13-28-23/h1-2,5-6,8,14,16H,3-4,7,9-13H2. The van der Waals surface area contributed by atoms with Gasteiger partial charge < -0.3 is 14.2 Å². The molecular formula is C23H23N3O3S. The molecule has 154 valence electrons. The van der Waals surface area contributed by atoms with E-state index in [1.807, 2.05) is 40.5 Å². The number of ether oxygens (including phenoxy) is 1. The highest BCUT2D eigenvalue weighted by atomic mass is 32.1. The third-order valence-corrected chi connectivity index (χ3v) is 7.54. The summed E-state index contributed by atoms with van der Waals surface area (Å²) in [6.45, 7) is 2.21. The van der Waals surface area contributed by atoms with Gasteiger partial charge in [-0.1, -0.05) is 17.3 Å². The Morgan fingerprint density at radius 3 is 2.70 bits per heavy atom. The summed E-state index contributed by atoms with van der Waals surface area (Å²) in [4.78, 5) is 20.9. The van der Waals surface area contributed by atoms with Crippen LogP contribution in [-0.2, 0) is 16.8 Å². The zero-order valence-corrected chi connectivity index (χ0v) is 17.5. The summed E-state index contributed by atoms with van der Waals surface area (Å²) in [5, 5.41) is 6.24. The normalized spacial score (nSPS) is 20.3. The quantitative estimate of drug-likeness (QED) is 0.628. The molecule has 0 atom stereocenters. The van der Waals surface area contributed by atoms with Crippen LogP contribution in [0.15, 0.2) is 40.2 Å². The van der Waals surface area contributed by atoms with Crippen LogP contribution < -0.4 is 0 Å². The molecular weight excluding hydrogens is 398 g/mol. The summed E-state index contributed by atoms with van der Waals surface area (Å²) in [6.07, 6.45) is 4.98. The topological polar surface area (TPSA) is 68.5 Å². The van der Waals surface area contributed by atoms with Gasteiger partial charge in [0.15, 0.2) is 0 Å². The van der Waals surface area contributed by atoms with Gasteiger partial charge in [-0.2, -0.15) is 4.98 Å². The van der Waals surface area contributed by atoms with Gasteiger partial charge in [0, 0.05) is 41.4 Å². The highest BCUT2D eigenvalue weighted by Gasteiger charge is 2.42. The first kappa shape index (κ1) is 18.3. The molecule has 1 saturated carbocycles. The van der Waals surface area contributed by atoms with Crippen LogP contribution in [-0.4, -0.2) is 40.6 Å². The van der Waals surface area contributed by atoms with Crippen molar-refractivity contribution in [2.24, 2.45) is 0 Å². The summed E-state index contributed by atoms with van der Waals surface area (Å²) in [7, 11) is 0. The Morgan fingerprint density at radius 2 is 1.93 bits per heavy atom. The van der Waals surface area contributed by atoms with Crippen LogP contribution in [0.4, 0.5) is 0 Å². The third kappa shape index (κ3) is 3.08. The Kier molecular flexibility index (Phi) is 4.28. The number of hydrogen-bond acceptors (Lipinski definition) is 6. The van der Waals surface area contributed by atoms with Gasteiger partial charge in [-0.3, -0.25) is 4.79 Å². The van der Waals surface area contributed by atoms with Gasteiger partial charge in [0.2, 0.25) is 11.7 Å². The molecule has 1 saturated heterocycles. The van der Waals surface area contributed by atoms with Crippen molar-refractivity contribution in [3.8, 4) is 11.4 Å². The van der Waals surface area contributed by atoms with Crippen LogP contribution in [0.2, 0.25) is 0 Å². The first-order valence-electron chi connectivity index (χ1n) is 10.7. The lowest BCUT2D eigenvalue weighted by molar-refractivity contribution is -0.0926. The van der Waals surface area contributed by atoms with E-state index in [0.29, 0.717) is 30.4 Å². The number of nitrogens with zero attached hydrogens (tertiary/aromatic N) is 3. The molecule has 0 N–H and O–H groups in total. The summed E-state index contributed by atoms with van der Waals surface area (Å²) >= 11 is 1.83. The Morgan fingerprint density at radius 1 is 1.13 bits per heavy atom. The second kappa shape index (κ2) is 7.03. The molecule has 0 bridgehead atoms. The van der Waals surface area contributed by atoms with Gasteiger partial charge in [-0.05, 0) is 54.8 Å². The largest absolute Gasteiger partial charge is 0.370 e. The van der Waals surface area contributed by atoms with Crippen LogP contribution in [0.3, 0.4) is 0 Å². The fraction of sp³-hybridized carbons (Fsp3) is 0.435. The number of hydrogen-bond donors (Lipinski definition) is 0. The van der Waals surface area contributed by atoms with Crippen LogP contribution >= 0.6 is 11.3 Å². The number of fused-ring (bicyclic) bond motifs is 2. The summed E-state index contributed by atoms with van der Waals surface area (Å²) < 4.78 is 11.6. The highest BCUT2D eigenvalue weighted by molar-refractivity contribution is 7.10. The third-order valence-electron chi connectivity index (χ3n) is 6.56. The lowest BCUT2D eigenvalue weighted by atomic mass is 9.82. The number of piperidine rings is 1. The van der Waals surface area contributed by atoms with Crippen LogP contribution in [0.1, 0.15) is 58.3 Å². The lowest BCUT2D eigenvalue weighted by Crippen LogP contribution is -2.48.